The Morgan fingerprint density at radius 2 is 1.75 bits per heavy atom. The number of anilines is 1. The highest BCUT2D eigenvalue weighted by Crippen LogP contribution is 2.29. The maximum absolute atomic E-state index is 13.4. The lowest BCUT2D eigenvalue weighted by Crippen LogP contribution is -2.14. The zero-order chi connectivity index (χ0) is 21.9. The third-order valence-corrected chi connectivity index (χ3v) is 6.39. The molecule has 1 aromatic heterocycles. The van der Waals surface area contributed by atoms with Crippen LogP contribution < -0.4 is 5.32 Å². The first-order valence-electron chi connectivity index (χ1n) is 10.5. The molecule has 4 aromatic rings. The van der Waals surface area contributed by atoms with Crippen LogP contribution in [0.15, 0.2) is 78.0 Å². The average molecular weight is 445 g/mol. The van der Waals surface area contributed by atoms with Gasteiger partial charge in [0.1, 0.15) is 5.82 Å². The van der Waals surface area contributed by atoms with Gasteiger partial charge >= 0.3 is 0 Å². The van der Waals surface area contributed by atoms with E-state index >= 15 is 0 Å². The molecular weight excluding hydrogens is 423 g/mol. The quantitative estimate of drug-likeness (QED) is 0.411. The highest BCUT2D eigenvalue weighted by Gasteiger charge is 2.18. The van der Waals surface area contributed by atoms with Crippen molar-refractivity contribution in [1.82, 2.24) is 14.8 Å². The molecule has 0 spiro atoms. The van der Waals surface area contributed by atoms with Crippen molar-refractivity contribution in [3.05, 3.63) is 89.7 Å². The van der Waals surface area contributed by atoms with E-state index in [0.717, 1.165) is 29.8 Å². The molecule has 32 heavy (non-hydrogen) atoms. The summed E-state index contributed by atoms with van der Waals surface area (Å²) in [6.45, 7) is 0. The van der Waals surface area contributed by atoms with Crippen molar-refractivity contribution in [1.29, 1.82) is 0 Å². The molecule has 1 heterocycles. The number of amides is 1. The van der Waals surface area contributed by atoms with Crippen molar-refractivity contribution in [2.24, 2.45) is 0 Å². The molecule has 1 N–H and O–H groups in total. The summed E-state index contributed by atoms with van der Waals surface area (Å²) < 4.78 is 15.3. The van der Waals surface area contributed by atoms with Gasteiger partial charge in [-0.2, -0.15) is 0 Å². The SMILES string of the molecule is O=C(CSc1nnc(-c2ccc(F)cc2)n1-c1ccccc1)Nc1ccc2c(c1)CCC2. The fourth-order valence-corrected chi connectivity index (χ4v) is 4.69. The largest absolute Gasteiger partial charge is 0.325 e. The van der Waals surface area contributed by atoms with Crippen LogP contribution in [0.25, 0.3) is 17.1 Å². The molecule has 0 aliphatic heterocycles. The normalized spacial score (nSPS) is 12.5. The monoisotopic (exact) mass is 444 g/mol. The predicted octanol–water partition coefficient (Wildman–Crippen LogP) is 5.29. The van der Waals surface area contributed by atoms with Crippen LogP contribution in [-0.4, -0.2) is 26.4 Å². The summed E-state index contributed by atoms with van der Waals surface area (Å²) >= 11 is 1.32. The number of hydrogen-bond acceptors (Lipinski definition) is 4. The van der Waals surface area contributed by atoms with E-state index in [-0.39, 0.29) is 17.5 Å². The maximum atomic E-state index is 13.4. The summed E-state index contributed by atoms with van der Waals surface area (Å²) in [6.07, 6.45) is 3.36. The molecule has 0 saturated heterocycles. The molecule has 0 radical (unpaired) electrons. The number of aryl methyl sites for hydroxylation is 2. The van der Waals surface area contributed by atoms with E-state index in [2.05, 4.69) is 27.6 Å². The van der Waals surface area contributed by atoms with Crippen LogP contribution >= 0.6 is 11.8 Å². The van der Waals surface area contributed by atoms with Crippen LogP contribution in [0, 0.1) is 5.82 Å². The first kappa shape index (κ1) is 20.5. The van der Waals surface area contributed by atoms with Crippen LogP contribution in [0.3, 0.4) is 0 Å². The summed E-state index contributed by atoms with van der Waals surface area (Å²) in [5, 5.41) is 12.2. The van der Waals surface area contributed by atoms with Crippen molar-refractivity contribution in [3.8, 4) is 17.1 Å². The second kappa shape index (κ2) is 8.96. The smallest absolute Gasteiger partial charge is 0.234 e. The Kier molecular flexibility index (Phi) is 5.73. The standard InChI is InChI=1S/C25H21FN4OS/c26-20-12-9-18(10-13-20)24-28-29-25(30(24)22-7-2-1-3-8-22)32-16-23(31)27-21-14-11-17-5-4-6-19(17)15-21/h1-3,7-15H,4-6,16H2,(H,27,31). The maximum Gasteiger partial charge on any atom is 0.234 e. The van der Waals surface area contributed by atoms with Gasteiger partial charge in [-0.1, -0.05) is 36.0 Å². The Hall–Kier alpha value is -3.45. The lowest BCUT2D eigenvalue weighted by atomic mass is 10.1. The highest BCUT2D eigenvalue weighted by molar-refractivity contribution is 7.99. The Bertz CT molecular complexity index is 1250. The average Bonchev–Trinajstić information content (AvgIpc) is 3.45. The van der Waals surface area contributed by atoms with Crippen LogP contribution in [0.1, 0.15) is 17.5 Å². The molecule has 160 valence electrons. The summed E-state index contributed by atoms with van der Waals surface area (Å²) in [4.78, 5) is 12.6. The van der Waals surface area contributed by atoms with Gasteiger partial charge in [0.05, 0.1) is 5.75 Å². The fraction of sp³-hybridized carbons (Fsp3) is 0.160. The molecule has 0 bridgehead atoms. The number of carbonyl (C=O) groups excluding carboxylic acids is 1. The summed E-state index contributed by atoms with van der Waals surface area (Å²) in [7, 11) is 0. The molecule has 1 aliphatic rings. The van der Waals surface area contributed by atoms with Crippen LogP contribution in [0.5, 0.6) is 0 Å². The molecule has 0 fully saturated rings. The molecule has 3 aromatic carbocycles. The summed E-state index contributed by atoms with van der Waals surface area (Å²) in [5.74, 6) is 0.389. The molecule has 1 amide bonds. The number of benzene rings is 3. The van der Waals surface area contributed by atoms with Crippen LogP contribution in [0.4, 0.5) is 10.1 Å². The van der Waals surface area contributed by atoms with Crippen molar-refractivity contribution in [3.63, 3.8) is 0 Å². The number of nitrogens with one attached hydrogen (secondary N) is 1. The van der Waals surface area contributed by atoms with Crippen molar-refractivity contribution < 1.29 is 9.18 Å². The molecule has 7 heteroatoms. The minimum atomic E-state index is -0.308. The highest BCUT2D eigenvalue weighted by atomic mass is 32.2. The number of thioether (sulfide) groups is 1. The van der Waals surface area contributed by atoms with Gasteiger partial charge in [0, 0.05) is 16.9 Å². The van der Waals surface area contributed by atoms with E-state index in [1.165, 1.54) is 41.4 Å². The first-order valence-corrected chi connectivity index (χ1v) is 11.5. The van der Waals surface area contributed by atoms with Gasteiger partial charge in [0.25, 0.3) is 0 Å². The Morgan fingerprint density at radius 1 is 0.969 bits per heavy atom. The molecule has 1 aliphatic carbocycles. The van der Waals surface area contributed by atoms with Crippen LogP contribution in [0.2, 0.25) is 0 Å². The molecule has 5 nitrogen and oxygen atoms in total. The van der Waals surface area contributed by atoms with E-state index in [0.29, 0.717) is 11.0 Å². The Balaban J connectivity index is 1.36. The van der Waals surface area contributed by atoms with Gasteiger partial charge in [-0.15, -0.1) is 10.2 Å². The van der Waals surface area contributed by atoms with Crippen LogP contribution in [-0.2, 0) is 17.6 Å². The number of aromatic nitrogens is 3. The van der Waals surface area contributed by atoms with Gasteiger partial charge < -0.3 is 5.32 Å². The number of rotatable bonds is 6. The number of nitrogens with zero attached hydrogens (tertiary/aromatic N) is 3. The van der Waals surface area contributed by atoms with Gasteiger partial charge in [-0.05, 0) is 78.9 Å². The van der Waals surface area contributed by atoms with E-state index in [4.69, 9.17) is 0 Å². The van der Waals surface area contributed by atoms with Gasteiger partial charge in [-0.25, -0.2) is 4.39 Å². The summed E-state index contributed by atoms with van der Waals surface area (Å²) in [6, 6.07) is 22.0. The van der Waals surface area contributed by atoms with E-state index in [1.54, 1.807) is 12.1 Å². The lowest BCUT2D eigenvalue weighted by molar-refractivity contribution is -0.113. The molecule has 5 rings (SSSR count). The van der Waals surface area contributed by atoms with Gasteiger partial charge in [0.15, 0.2) is 11.0 Å². The molecule has 0 unspecified atom stereocenters. The van der Waals surface area contributed by atoms with E-state index in [9.17, 15) is 9.18 Å². The zero-order valence-electron chi connectivity index (χ0n) is 17.3. The number of hydrogen-bond donors (Lipinski definition) is 1. The second-order valence-corrected chi connectivity index (χ2v) is 8.60. The second-order valence-electron chi connectivity index (χ2n) is 7.66. The topological polar surface area (TPSA) is 59.8 Å². The minimum absolute atomic E-state index is 0.0982. The predicted molar refractivity (Wildman–Crippen MR) is 125 cm³/mol. The molecule has 0 saturated carbocycles. The third kappa shape index (κ3) is 4.29. The number of carbonyl (C=O) groups is 1. The summed E-state index contributed by atoms with van der Waals surface area (Å²) in [5.41, 5.74) is 5.15. The first-order chi connectivity index (χ1) is 15.7. The van der Waals surface area contributed by atoms with Gasteiger partial charge in [0.2, 0.25) is 5.91 Å². The molecular formula is C25H21FN4OS. The van der Waals surface area contributed by atoms with Crippen molar-refractivity contribution in [2.75, 3.05) is 11.1 Å². The van der Waals surface area contributed by atoms with E-state index < -0.39 is 0 Å². The number of fused-ring (bicyclic) bond motifs is 1. The number of halogens is 1. The Morgan fingerprint density at radius 3 is 2.56 bits per heavy atom. The lowest BCUT2D eigenvalue weighted by Gasteiger charge is -2.11. The van der Waals surface area contributed by atoms with Crippen molar-refractivity contribution in [2.45, 2.75) is 24.4 Å². The molecule has 0 atom stereocenters. The zero-order valence-corrected chi connectivity index (χ0v) is 18.1. The number of para-hydroxylation sites is 1. The minimum Gasteiger partial charge on any atom is -0.325 e. The fourth-order valence-electron chi connectivity index (χ4n) is 3.94. The Labute approximate surface area is 189 Å². The van der Waals surface area contributed by atoms with E-state index in [1.807, 2.05) is 41.0 Å². The third-order valence-electron chi connectivity index (χ3n) is 5.46. The van der Waals surface area contributed by atoms with Gasteiger partial charge in [-0.3, -0.25) is 9.36 Å². The van der Waals surface area contributed by atoms with Crippen molar-refractivity contribution >= 4 is 23.4 Å².